The normalized spacial score (nSPS) is 29.4. The molecular formula is C15H25N3OS2. The summed E-state index contributed by atoms with van der Waals surface area (Å²) < 4.78 is 5.52. The first-order valence-electron chi connectivity index (χ1n) is 8.12. The van der Waals surface area contributed by atoms with Gasteiger partial charge in [0.15, 0.2) is 5.82 Å². The van der Waals surface area contributed by atoms with Crippen molar-refractivity contribution < 1.29 is 4.52 Å². The molecule has 2 fully saturated rings. The van der Waals surface area contributed by atoms with Crippen LogP contribution < -0.4 is 5.73 Å². The van der Waals surface area contributed by atoms with E-state index < -0.39 is 0 Å². The molecule has 4 nitrogen and oxygen atoms in total. The molecule has 3 rings (SSSR count). The first-order chi connectivity index (χ1) is 10.3. The Labute approximate surface area is 135 Å². The summed E-state index contributed by atoms with van der Waals surface area (Å²) in [7, 11) is 0. The van der Waals surface area contributed by atoms with Crippen molar-refractivity contribution >= 4 is 23.5 Å². The van der Waals surface area contributed by atoms with Crippen molar-refractivity contribution in [2.45, 2.75) is 62.0 Å². The van der Waals surface area contributed by atoms with E-state index in [1.807, 2.05) is 23.5 Å². The van der Waals surface area contributed by atoms with Gasteiger partial charge >= 0.3 is 0 Å². The highest BCUT2D eigenvalue weighted by Gasteiger charge is 2.32. The van der Waals surface area contributed by atoms with Crippen molar-refractivity contribution in [3.05, 3.63) is 11.7 Å². The van der Waals surface area contributed by atoms with Gasteiger partial charge in [0, 0.05) is 16.8 Å². The van der Waals surface area contributed by atoms with Crippen LogP contribution in [0, 0.1) is 5.92 Å². The summed E-state index contributed by atoms with van der Waals surface area (Å²) in [5.41, 5.74) is 6.37. The molecule has 1 aromatic heterocycles. The third-order valence-electron chi connectivity index (χ3n) is 4.61. The number of nitrogens with zero attached hydrogens (tertiary/aromatic N) is 2. The van der Waals surface area contributed by atoms with Crippen LogP contribution in [0.25, 0.3) is 0 Å². The Morgan fingerprint density at radius 2 is 2.00 bits per heavy atom. The smallest absolute Gasteiger partial charge is 0.243 e. The Balaban J connectivity index is 1.69. The quantitative estimate of drug-likeness (QED) is 0.903. The summed E-state index contributed by atoms with van der Waals surface area (Å²) in [5.74, 6) is 4.43. The van der Waals surface area contributed by atoms with Crippen molar-refractivity contribution in [1.29, 1.82) is 0 Å². The molecule has 3 atom stereocenters. The standard InChI is InChI=1S/C15H25N3OS2/c1-2-11-13(21-9-8-20-11)14-17-15(19-18-14)12(16)10-6-4-3-5-7-10/h10-13H,2-9,16H2,1H3. The van der Waals surface area contributed by atoms with Crippen LogP contribution in [0.2, 0.25) is 0 Å². The predicted octanol–water partition coefficient (Wildman–Crippen LogP) is 3.95. The second-order valence-electron chi connectivity index (χ2n) is 6.02. The second-order valence-corrected chi connectivity index (χ2v) is 8.62. The van der Waals surface area contributed by atoms with Gasteiger partial charge in [0.05, 0.1) is 11.3 Å². The molecule has 2 N–H and O–H groups in total. The molecule has 1 saturated carbocycles. The van der Waals surface area contributed by atoms with Gasteiger partial charge < -0.3 is 10.3 Å². The third kappa shape index (κ3) is 3.59. The van der Waals surface area contributed by atoms with Crippen molar-refractivity contribution in [2.24, 2.45) is 11.7 Å². The van der Waals surface area contributed by atoms with E-state index in [4.69, 9.17) is 10.3 Å². The SMILES string of the molecule is CCC1SCCSC1c1noc(C(N)C2CCCCC2)n1. The zero-order valence-corrected chi connectivity index (χ0v) is 14.3. The van der Waals surface area contributed by atoms with Gasteiger partial charge in [-0.1, -0.05) is 31.3 Å². The fraction of sp³-hybridized carbons (Fsp3) is 0.867. The summed E-state index contributed by atoms with van der Waals surface area (Å²) >= 11 is 4.00. The lowest BCUT2D eigenvalue weighted by Crippen LogP contribution is -2.24. The Kier molecular flexibility index (Phi) is 5.51. The summed E-state index contributed by atoms with van der Waals surface area (Å²) in [6.45, 7) is 2.24. The highest BCUT2D eigenvalue weighted by atomic mass is 32.2. The predicted molar refractivity (Wildman–Crippen MR) is 89.5 cm³/mol. The molecule has 118 valence electrons. The maximum Gasteiger partial charge on any atom is 0.243 e. The number of nitrogens with two attached hydrogens (primary N) is 1. The molecular weight excluding hydrogens is 302 g/mol. The van der Waals surface area contributed by atoms with E-state index in [2.05, 4.69) is 17.1 Å². The van der Waals surface area contributed by atoms with Gasteiger partial charge in [0.1, 0.15) is 0 Å². The largest absolute Gasteiger partial charge is 0.338 e. The fourth-order valence-electron chi connectivity index (χ4n) is 3.34. The molecule has 3 unspecified atom stereocenters. The fourth-order valence-corrected chi connectivity index (χ4v) is 6.32. The molecule has 0 amide bonds. The third-order valence-corrected chi connectivity index (χ3v) is 7.85. The average Bonchev–Trinajstić information content (AvgIpc) is 3.04. The molecule has 0 radical (unpaired) electrons. The molecule has 2 heterocycles. The van der Waals surface area contributed by atoms with Crippen LogP contribution in [0.15, 0.2) is 4.52 Å². The number of aromatic nitrogens is 2. The molecule has 1 aromatic rings. The van der Waals surface area contributed by atoms with E-state index in [9.17, 15) is 0 Å². The zero-order valence-electron chi connectivity index (χ0n) is 12.7. The summed E-state index contributed by atoms with van der Waals surface area (Å²) in [4.78, 5) is 4.67. The molecule has 0 aromatic carbocycles. The first-order valence-corrected chi connectivity index (χ1v) is 10.2. The van der Waals surface area contributed by atoms with Crippen molar-refractivity contribution in [3.63, 3.8) is 0 Å². The molecule has 0 spiro atoms. The lowest BCUT2D eigenvalue weighted by Gasteiger charge is -2.27. The topological polar surface area (TPSA) is 64.9 Å². The van der Waals surface area contributed by atoms with Crippen LogP contribution in [0.1, 0.15) is 68.5 Å². The molecule has 6 heteroatoms. The van der Waals surface area contributed by atoms with Crippen LogP contribution in [0.4, 0.5) is 0 Å². The van der Waals surface area contributed by atoms with Crippen molar-refractivity contribution in [3.8, 4) is 0 Å². The highest BCUT2D eigenvalue weighted by Crippen LogP contribution is 2.43. The van der Waals surface area contributed by atoms with E-state index in [0.29, 0.717) is 22.3 Å². The van der Waals surface area contributed by atoms with Gasteiger partial charge in [0.2, 0.25) is 5.89 Å². The minimum absolute atomic E-state index is 0.0760. The van der Waals surface area contributed by atoms with Gasteiger partial charge in [-0.15, -0.1) is 11.8 Å². The first kappa shape index (κ1) is 15.7. The van der Waals surface area contributed by atoms with E-state index in [1.165, 1.54) is 43.6 Å². The van der Waals surface area contributed by atoms with Crippen LogP contribution in [-0.4, -0.2) is 26.9 Å². The number of rotatable bonds is 4. The molecule has 1 aliphatic heterocycles. The highest BCUT2D eigenvalue weighted by molar-refractivity contribution is 8.06. The van der Waals surface area contributed by atoms with Crippen LogP contribution >= 0.6 is 23.5 Å². The van der Waals surface area contributed by atoms with E-state index in [1.54, 1.807) is 0 Å². The van der Waals surface area contributed by atoms with E-state index >= 15 is 0 Å². The zero-order chi connectivity index (χ0) is 14.7. The van der Waals surface area contributed by atoms with E-state index in [-0.39, 0.29) is 6.04 Å². The molecule has 1 saturated heterocycles. The minimum Gasteiger partial charge on any atom is -0.338 e. The maximum absolute atomic E-state index is 6.37. The van der Waals surface area contributed by atoms with Gasteiger partial charge in [0.25, 0.3) is 0 Å². The Morgan fingerprint density at radius 1 is 1.24 bits per heavy atom. The minimum atomic E-state index is -0.0760. The Bertz CT molecular complexity index is 448. The molecule has 0 bridgehead atoms. The lowest BCUT2D eigenvalue weighted by atomic mass is 9.84. The van der Waals surface area contributed by atoms with Crippen molar-refractivity contribution in [1.82, 2.24) is 10.1 Å². The maximum atomic E-state index is 6.37. The molecule has 21 heavy (non-hydrogen) atoms. The van der Waals surface area contributed by atoms with Crippen molar-refractivity contribution in [2.75, 3.05) is 11.5 Å². The average molecular weight is 328 g/mol. The molecule has 2 aliphatic rings. The number of hydrogen-bond acceptors (Lipinski definition) is 6. The summed E-state index contributed by atoms with van der Waals surface area (Å²) in [6, 6.07) is -0.0760. The Hall–Kier alpha value is -0.200. The number of hydrogen-bond donors (Lipinski definition) is 1. The second kappa shape index (κ2) is 7.38. The summed E-state index contributed by atoms with van der Waals surface area (Å²) in [5, 5.41) is 5.22. The summed E-state index contributed by atoms with van der Waals surface area (Å²) in [6.07, 6.45) is 7.46. The van der Waals surface area contributed by atoms with Crippen LogP contribution in [-0.2, 0) is 0 Å². The van der Waals surface area contributed by atoms with Gasteiger partial charge in [-0.05, 0) is 25.2 Å². The Morgan fingerprint density at radius 3 is 2.76 bits per heavy atom. The molecule has 1 aliphatic carbocycles. The lowest BCUT2D eigenvalue weighted by molar-refractivity contribution is 0.255. The van der Waals surface area contributed by atoms with Gasteiger partial charge in [-0.2, -0.15) is 16.7 Å². The van der Waals surface area contributed by atoms with Gasteiger partial charge in [-0.3, -0.25) is 0 Å². The van der Waals surface area contributed by atoms with Crippen LogP contribution in [0.3, 0.4) is 0 Å². The number of thioether (sulfide) groups is 2. The van der Waals surface area contributed by atoms with Crippen LogP contribution in [0.5, 0.6) is 0 Å². The van der Waals surface area contributed by atoms with E-state index in [0.717, 1.165) is 12.2 Å². The van der Waals surface area contributed by atoms with Gasteiger partial charge in [-0.25, -0.2) is 0 Å². The monoisotopic (exact) mass is 327 g/mol.